The Hall–Kier alpha value is -5.78. The zero-order valence-electron chi connectivity index (χ0n) is 26.5. The maximum absolute atomic E-state index is 14.6. The van der Waals surface area contributed by atoms with Crippen LogP contribution in [0.2, 0.25) is 0 Å². The van der Waals surface area contributed by atoms with Gasteiger partial charge in [-0.05, 0) is 85.0 Å². The number of ether oxygens (including phenoxy) is 1. The fraction of sp³-hybridized carbons (Fsp3) is 0.250. The van der Waals surface area contributed by atoms with E-state index < -0.39 is 53.6 Å². The van der Waals surface area contributed by atoms with Crippen molar-refractivity contribution < 1.29 is 28.3 Å². The van der Waals surface area contributed by atoms with E-state index in [0.717, 1.165) is 0 Å². The molecule has 2 atom stereocenters. The van der Waals surface area contributed by atoms with E-state index in [1.807, 2.05) is 0 Å². The normalized spacial score (nSPS) is 17.8. The van der Waals surface area contributed by atoms with E-state index >= 15 is 0 Å². The molecule has 1 aliphatic heterocycles. The Morgan fingerprint density at radius 2 is 1.67 bits per heavy atom. The largest absolute Gasteiger partial charge is 0.497 e. The molecule has 48 heavy (non-hydrogen) atoms. The van der Waals surface area contributed by atoms with Crippen LogP contribution in [0.25, 0.3) is 11.3 Å². The second-order valence-corrected chi connectivity index (χ2v) is 11.5. The van der Waals surface area contributed by atoms with E-state index in [1.54, 1.807) is 73.8 Å². The molecule has 1 aliphatic rings. The van der Waals surface area contributed by atoms with Gasteiger partial charge in [-0.3, -0.25) is 24.0 Å². The van der Waals surface area contributed by atoms with Crippen LogP contribution in [-0.2, 0) is 16.0 Å². The minimum Gasteiger partial charge on any atom is -0.497 e. The van der Waals surface area contributed by atoms with Gasteiger partial charge >= 0.3 is 0 Å². The van der Waals surface area contributed by atoms with E-state index in [0.29, 0.717) is 41.0 Å². The molecule has 4 aromatic rings. The number of amides is 4. The number of carbonyl (C=O) groups is 4. The summed E-state index contributed by atoms with van der Waals surface area (Å²) in [6, 6.07) is 21.1. The lowest BCUT2D eigenvalue weighted by atomic mass is 10.0. The molecule has 4 amide bonds. The molecule has 0 unspecified atom stereocenters. The van der Waals surface area contributed by atoms with E-state index in [9.17, 15) is 28.4 Å². The summed E-state index contributed by atoms with van der Waals surface area (Å²) in [5, 5.41) is 8.21. The lowest BCUT2D eigenvalue weighted by molar-refractivity contribution is -0.123. The van der Waals surface area contributed by atoms with Crippen LogP contribution in [-0.4, -0.2) is 66.3 Å². The van der Waals surface area contributed by atoms with Gasteiger partial charge in [0.1, 0.15) is 23.2 Å². The quantitative estimate of drug-likeness (QED) is 0.266. The van der Waals surface area contributed by atoms with Crippen molar-refractivity contribution in [3.05, 3.63) is 123 Å². The number of fused-ring (bicyclic) bond motifs is 2. The molecule has 4 N–H and O–H groups in total. The molecule has 0 radical (unpaired) electrons. The Morgan fingerprint density at radius 1 is 0.917 bits per heavy atom. The molecule has 2 bridgehead atoms. The zero-order chi connectivity index (χ0) is 34.2. The molecule has 12 heteroatoms. The average molecular weight is 654 g/mol. The molecule has 1 aromatic heterocycles. The molecular weight excluding hydrogens is 617 g/mol. The molecule has 0 spiro atoms. The van der Waals surface area contributed by atoms with Crippen molar-refractivity contribution in [2.24, 2.45) is 0 Å². The van der Waals surface area contributed by atoms with Gasteiger partial charge in [-0.2, -0.15) is 0 Å². The Labute approximate surface area is 276 Å². The van der Waals surface area contributed by atoms with Crippen molar-refractivity contribution in [2.45, 2.75) is 31.8 Å². The first-order chi connectivity index (χ1) is 23.1. The first-order valence-corrected chi connectivity index (χ1v) is 15.5. The lowest BCUT2D eigenvalue weighted by Crippen LogP contribution is -2.50. The van der Waals surface area contributed by atoms with Gasteiger partial charge in [0, 0.05) is 18.8 Å². The molecular formula is C36H36FN5O6. The molecule has 0 saturated heterocycles. The fourth-order valence-corrected chi connectivity index (χ4v) is 5.40. The number of aromatic nitrogens is 1. The maximum Gasteiger partial charge on any atom is 0.261 e. The van der Waals surface area contributed by atoms with Crippen molar-refractivity contribution in [2.75, 3.05) is 26.7 Å². The number of halogens is 1. The van der Waals surface area contributed by atoms with Crippen molar-refractivity contribution in [3.63, 3.8) is 0 Å². The van der Waals surface area contributed by atoms with Crippen molar-refractivity contribution in [1.29, 1.82) is 0 Å². The molecule has 5 rings (SSSR count). The fourth-order valence-electron chi connectivity index (χ4n) is 5.40. The highest BCUT2D eigenvalue weighted by atomic mass is 19.1. The smallest absolute Gasteiger partial charge is 0.261 e. The first-order valence-electron chi connectivity index (χ1n) is 15.5. The number of carbonyl (C=O) groups excluding carboxylic acids is 4. The monoisotopic (exact) mass is 653 g/mol. The number of nitrogens with zero attached hydrogens (tertiary/aromatic N) is 1. The van der Waals surface area contributed by atoms with Gasteiger partial charge in [0.05, 0.1) is 25.3 Å². The number of nitrogens with one attached hydrogen (secondary N) is 4. The van der Waals surface area contributed by atoms with Gasteiger partial charge in [0.2, 0.25) is 11.8 Å². The van der Waals surface area contributed by atoms with Gasteiger partial charge < -0.3 is 30.6 Å². The van der Waals surface area contributed by atoms with Crippen molar-refractivity contribution in [1.82, 2.24) is 25.8 Å². The van der Waals surface area contributed by atoms with Gasteiger partial charge in [-0.15, -0.1) is 0 Å². The van der Waals surface area contributed by atoms with Crippen LogP contribution >= 0.6 is 0 Å². The second-order valence-electron chi connectivity index (χ2n) is 11.5. The van der Waals surface area contributed by atoms with Crippen LogP contribution < -0.4 is 26.2 Å². The zero-order valence-corrected chi connectivity index (χ0v) is 26.5. The Balaban J connectivity index is 1.46. The third kappa shape index (κ3) is 8.13. The third-order valence-corrected chi connectivity index (χ3v) is 8.06. The molecule has 2 heterocycles. The van der Waals surface area contributed by atoms with Gasteiger partial charge in [0.25, 0.3) is 17.4 Å². The number of methoxy groups -OCH3 is 1. The highest BCUT2D eigenvalue weighted by molar-refractivity contribution is 5.98. The van der Waals surface area contributed by atoms with Crippen LogP contribution in [0.5, 0.6) is 5.75 Å². The standard InChI is InChI=1S/C36H36FN5O6/c1-22-33(44)41-31(24-8-4-3-5-9-24)20-42(21-32(43)38-18-6-7-23-10-16-29(37)28(19-23)35(46)39-22)36(47)27-15-17-30(40-34(27)45)25-11-13-26(48-2)14-12-25/h3-5,8-17,19,22,31H,6-7,18,20-21H2,1-2H3,(H,38,43)(H,39,46)(H,40,45)(H,41,44)/t22-,31-/m1/s1. The van der Waals surface area contributed by atoms with E-state index in [1.165, 1.54) is 30.0 Å². The highest BCUT2D eigenvalue weighted by Gasteiger charge is 2.28. The van der Waals surface area contributed by atoms with Gasteiger partial charge in [-0.1, -0.05) is 36.4 Å². The van der Waals surface area contributed by atoms with Crippen molar-refractivity contribution >= 4 is 23.6 Å². The number of aryl methyl sites for hydroxylation is 1. The molecule has 11 nitrogen and oxygen atoms in total. The topological polar surface area (TPSA) is 150 Å². The maximum atomic E-state index is 14.6. The molecule has 0 fully saturated rings. The molecule has 3 aromatic carbocycles. The van der Waals surface area contributed by atoms with E-state index in [-0.39, 0.29) is 24.2 Å². The molecule has 0 saturated carbocycles. The summed E-state index contributed by atoms with van der Waals surface area (Å²) >= 11 is 0. The summed E-state index contributed by atoms with van der Waals surface area (Å²) < 4.78 is 19.8. The molecule has 0 aliphatic carbocycles. The number of benzene rings is 3. The minimum atomic E-state index is -1.08. The summed E-state index contributed by atoms with van der Waals surface area (Å²) in [4.78, 5) is 70.8. The highest BCUT2D eigenvalue weighted by Crippen LogP contribution is 2.21. The molecule has 248 valence electrons. The Morgan fingerprint density at radius 3 is 2.38 bits per heavy atom. The van der Waals surface area contributed by atoms with Crippen LogP contribution in [0.15, 0.2) is 89.7 Å². The van der Waals surface area contributed by atoms with E-state index in [4.69, 9.17) is 4.74 Å². The summed E-state index contributed by atoms with van der Waals surface area (Å²) in [6.45, 7) is 1.13. The van der Waals surface area contributed by atoms with Crippen LogP contribution in [0, 0.1) is 5.82 Å². The first kappa shape index (κ1) is 33.6. The number of aromatic amines is 1. The van der Waals surface area contributed by atoms with Crippen LogP contribution in [0.4, 0.5) is 4.39 Å². The summed E-state index contributed by atoms with van der Waals surface area (Å²) in [5.74, 6) is -2.61. The number of pyridine rings is 1. The minimum absolute atomic E-state index is 0.183. The second kappa shape index (κ2) is 15.2. The number of hydrogen-bond acceptors (Lipinski definition) is 6. The van der Waals surface area contributed by atoms with Crippen molar-refractivity contribution in [3.8, 4) is 17.0 Å². The predicted octanol–water partition coefficient (Wildman–Crippen LogP) is 3.37. The van der Waals surface area contributed by atoms with E-state index in [2.05, 4.69) is 20.9 Å². The lowest BCUT2D eigenvalue weighted by Gasteiger charge is -2.29. The number of hydrogen-bond donors (Lipinski definition) is 4. The predicted molar refractivity (Wildman–Crippen MR) is 177 cm³/mol. The number of rotatable bonds is 4. The van der Waals surface area contributed by atoms with Gasteiger partial charge in [0.15, 0.2) is 0 Å². The Kier molecular flexibility index (Phi) is 10.6. The summed E-state index contributed by atoms with van der Waals surface area (Å²) in [7, 11) is 1.55. The van der Waals surface area contributed by atoms with Crippen LogP contribution in [0.3, 0.4) is 0 Å². The average Bonchev–Trinajstić information content (AvgIpc) is 3.09. The third-order valence-electron chi connectivity index (χ3n) is 8.06. The summed E-state index contributed by atoms with van der Waals surface area (Å²) in [5.41, 5.74) is 1.44. The SMILES string of the molecule is COc1ccc(-c2ccc(C(=O)N3CC(=O)NCCCc4ccc(F)c(c4)C(=O)N[C@H](C)C(=O)N[C@@H](c4ccccc4)C3)c(=O)[nH]2)cc1. The number of H-pyrrole nitrogens is 1. The van der Waals surface area contributed by atoms with Gasteiger partial charge in [-0.25, -0.2) is 4.39 Å². The Bertz CT molecular complexity index is 1860. The summed E-state index contributed by atoms with van der Waals surface area (Å²) in [6.07, 6.45) is 0.910. The van der Waals surface area contributed by atoms with Crippen LogP contribution in [0.1, 0.15) is 51.2 Å².